The van der Waals surface area contributed by atoms with E-state index < -0.39 is 11.8 Å². The largest absolute Gasteiger partial charge is 0.390 e. The number of rotatable bonds is 2. The Morgan fingerprint density at radius 3 is 2.42 bits per heavy atom. The average Bonchev–Trinajstić information content (AvgIpc) is 2.04. The lowest BCUT2D eigenvalue weighted by molar-refractivity contribution is -0.118. The van der Waals surface area contributed by atoms with E-state index in [1.165, 1.54) is 12.3 Å². The zero-order valence-corrected chi connectivity index (χ0v) is 6.03. The first-order valence-electron chi connectivity index (χ1n) is 3.05. The third kappa shape index (κ3) is 1.36. The summed E-state index contributed by atoms with van der Waals surface area (Å²) < 4.78 is 0. The second-order valence-electron chi connectivity index (χ2n) is 2.04. The van der Waals surface area contributed by atoms with Crippen molar-refractivity contribution in [2.75, 3.05) is 0 Å². The monoisotopic (exact) mass is 169 g/mol. The Kier molecular flexibility index (Phi) is 2.00. The van der Waals surface area contributed by atoms with Crippen LogP contribution < -0.4 is 16.9 Å². The quantitative estimate of drug-likeness (QED) is 0.456. The molecule has 0 saturated carbocycles. The molecule has 0 aromatic heterocycles. The maximum Gasteiger partial charge on any atom is 0.268 e. The minimum Gasteiger partial charge on any atom is -0.390 e. The highest BCUT2D eigenvalue weighted by Crippen LogP contribution is 2.07. The predicted octanol–water partition coefficient (Wildman–Crippen LogP) is -1.74. The Morgan fingerprint density at radius 1 is 1.33 bits per heavy atom. The summed E-state index contributed by atoms with van der Waals surface area (Å²) in [5, 5.41) is 0. The van der Waals surface area contributed by atoms with Crippen molar-refractivity contribution >= 4 is 11.8 Å². The van der Waals surface area contributed by atoms with Crippen molar-refractivity contribution in [1.29, 1.82) is 0 Å². The third-order valence-electron chi connectivity index (χ3n) is 1.24. The zero-order chi connectivity index (χ0) is 9.14. The third-order valence-corrected chi connectivity index (χ3v) is 1.24. The number of primary amides is 2. The number of amides is 2. The van der Waals surface area contributed by atoms with Crippen LogP contribution in [0.2, 0.25) is 0 Å². The first-order valence-corrected chi connectivity index (χ1v) is 3.05. The van der Waals surface area contributed by atoms with Crippen molar-refractivity contribution in [3.63, 3.8) is 0 Å². The lowest BCUT2D eigenvalue weighted by Crippen LogP contribution is -2.32. The highest BCUT2D eigenvalue weighted by Gasteiger charge is 2.17. The molecular formula is C6H7N3O3. The highest BCUT2D eigenvalue weighted by atomic mass is 16.6. The van der Waals surface area contributed by atoms with Crippen LogP contribution in [0.1, 0.15) is 0 Å². The summed E-state index contributed by atoms with van der Waals surface area (Å²) in [6, 6.07) is 0. The topological polar surface area (TPSA) is 107 Å². The maximum absolute atomic E-state index is 10.7. The summed E-state index contributed by atoms with van der Waals surface area (Å²) in [4.78, 5) is 25.9. The van der Waals surface area contributed by atoms with Crippen molar-refractivity contribution in [1.82, 2.24) is 5.48 Å². The lowest BCUT2D eigenvalue weighted by atomic mass is 10.2. The molecule has 0 bridgehead atoms. The van der Waals surface area contributed by atoms with E-state index >= 15 is 0 Å². The van der Waals surface area contributed by atoms with Crippen LogP contribution in [-0.2, 0) is 14.4 Å². The van der Waals surface area contributed by atoms with E-state index in [0.29, 0.717) is 0 Å². The fourth-order valence-electron chi connectivity index (χ4n) is 0.722. The van der Waals surface area contributed by atoms with Gasteiger partial charge in [0.2, 0.25) is 0 Å². The zero-order valence-electron chi connectivity index (χ0n) is 6.03. The van der Waals surface area contributed by atoms with Gasteiger partial charge in [-0.2, -0.15) is 0 Å². The summed E-state index contributed by atoms with van der Waals surface area (Å²) in [6.07, 6.45) is 2.45. The van der Waals surface area contributed by atoms with Crippen LogP contribution in [-0.4, -0.2) is 11.8 Å². The Labute approximate surface area is 67.8 Å². The Morgan fingerprint density at radius 2 is 2.00 bits per heavy atom. The first kappa shape index (κ1) is 8.12. The molecule has 0 atom stereocenters. The lowest BCUT2D eigenvalue weighted by Gasteiger charge is -2.12. The van der Waals surface area contributed by atoms with Gasteiger partial charge in [0.15, 0.2) is 0 Å². The van der Waals surface area contributed by atoms with E-state index in [4.69, 9.17) is 11.5 Å². The molecule has 6 heteroatoms. The highest BCUT2D eigenvalue weighted by molar-refractivity contribution is 6.05. The van der Waals surface area contributed by atoms with E-state index in [1.54, 1.807) is 0 Å². The number of carbonyl (C=O) groups is 2. The van der Waals surface area contributed by atoms with Crippen molar-refractivity contribution < 1.29 is 14.4 Å². The van der Waals surface area contributed by atoms with Crippen LogP contribution in [0.5, 0.6) is 0 Å². The van der Waals surface area contributed by atoms with Crippen LogP contribution in [0.4, 0.5) is 0 Å². The van der Waals surface area contributed by atoms with Crippen LogP contribution in [0.3, 0.4) is 0 Å². The minimum absolute atomic E-state index is 0.00810. The van der Waals surface area contributed by atoms with Gasteiger partial charge in [-0.05, 0) is 6.08 Å². The van der Waals surface area contributed by atoms with E-state index in [1.807, 2.05) is 0 Å². The summed E-state index contributed by atoms with van der Waals surface area (Å²) >= 11 is 0. The Bertz CT molecular complexity index is 292. The van der Waals surface area contributed by atoms with Gasteiger partial charge in [0.25, 0.3) is 11.8 Å². The molecule has 0 saturated heterocycles. The molecule has 1 aliphatic rings. The van der Waals surface area contributed by atoms with Crippen LogP contribution in [0, 0.1) is 0 Å². The summed E-state index contributed by atoms with van der Waals surface area (Å²) in [5.74, 6) is -1.54. The van der Waals surface area contributed by atoms with Crippen molar-refractivity contribution in [2.45, 2.75) is 0 Å². The molecule has 0 unspecified atom stereocenters. The van der Waals surface area contributed by atoms with E-state index in [-0.39, 0.29) is 11.3 Å². The summed E-state index contributed by atoms with van der Waals surface area (Å²) in [5.41, 5.74) is 11.9. The predicted molar refractivity (Wildman–Crippen MR) is 38.8 cm³/mol. The van der Waals surface area contributed by atoms with Crippen molar-refractivity contribution in [3.8, 4) is 0 Å². The molecule has 0 aromatic rings. The molecule has 6 nitrogen and oxygen atoms in total. The molecule has 1 rings (SSSR count). The SMILES string of the molecule is NC(=O)C1=C(C(N)=O)NOC=C1. The molecule has 1 aliphatic heterocycles. The maximum atomic E-state index is 10.7. The van der Waals surface area contributed by atoms with Gasteiger partial charge in [0.05, 0.1) is 5.57 Å². The smallest absolute Gasteiger partial charge is 0.268 e. The normalized spacial score (nSPS) is 15.0. The van der Waals surface area contributed by atoms with E-state index in [9.17, 15) is 9.59 Å². The summed E-state index contributed by atoms with van der Waals surface area (Å²) in [6.45, 7) is 0. The average molecular weight is 169 g/mol. The second kappa shape index (κ2) is 2.95. The standard InChI is InChI=1S/C6H7N3O3/c7-5(10)3-1-2-12-9-4(3)6(8)11/h1-2,9H,(H2,7,10)(H2,8,11). The molecule has 0 aromatic carbocycles. The van der Waals surface area contributed by atoms with Gasteiger partial charge in [0.1, 0.15) is 12.0 Å². The molecule has 0 aliphatic carbocycles. The fraction of sp³-hybridized carbons (Fsp3) is 0. The summed E-state index contributed by atoms with van der Waals surface area (Å²) in [7, 11) is 0. The second-order valence-corrected chi connectivity index (χ2v) is 2.04. The van der Waals surface area contributed by atoms with Gasteiger partial charge >= 0.3 is 0 Å². The molecule has 64 valence electrons. The van der Waals surface area contributed by atoms with Gasteiger partial charge < -0.3 is 16.3 Å². The molecular weight excluding hydrogens is 162 g/mol. The molecule has 0 radical (unpaired) electrons. The van der Waals surface area contributed by atoms with Crippen molar-refractivity contribution in [3.05, 3.63) is 23.6 Å². The number of hydrogen-bond donors (Lipinski definition) is 3. The van der Waals surface area contributed by atoms with Crippen molar-refractivity contribution in [2.24, 2.45) is 11.5 Å². The van der Waals surface area contributed by atoms with Crippen LogP contribution >= 0.6 is 0 Å². The molecule has 2 amide bonds. The molecule has 0 fully saturated rings. The fourth-order valence-corrected chi connectivity index (χ4v) is 0.722. The van der Waals surface area contributed by atoms with Crippen LogP contribution in [0.25, 0.3) is 0 Å². The van der Waals surface area contributed by atoms with Crippen LogP contribution in [0.15, 0.2) is 23.6 Å². The molecule has 0 spiro atoms. The number of nitrogens with one attached hydrogen (secondary N) is 1. The Hall–Kier alpha value is -1.98. The van der Waals surface area contributed by atoms with E-state index in [2.05, 4.69) is 10.3 Å². The van der Waals surface area contributed by atoms with Gasteiger partial charge in [0, 0.05) is 0 Å². The van der Waals surface area contributed by atoms with Gasteiger partial charge in [-0.15, -0.1) is 0 Å². The number of nitrogens with two attached hydrogens (primary N) is 2. The number of hydrogen-bond acceptors (Lipinski definition) is 4. The van der Waals surface area contributed by atoms with Gasteiger partial charge in [-0.3, -0.25) is 9.59 Å². The molecule has 12 heavy (non-hydrogen) atoms. The number of hydroxylamine groups is 1. The van der Waals surface area contributed by atoms with E-state index in [0.717, 1.165) is 0 Å². The van der Waals surface area contributed by atoms with Gasteiger partial charge in [-0.1, -0.05) is 0 Å². The minimum atomic E-state index is -0.798. The number of carbonyl (C=O) groups excluding carboxylic acids is 2. The Balaban J connectivity index is 3.08. The van der Waals surface area contributed by atoms with Gasteiger partial charge in [-0.25, -0.2) is 5.48 Å². The first-order chi connectivity index (χ1) is 5.63. The molecule has 1 heterocycles. The molecule has 5 N–H and O–H groups in total.